The molecule has 0 aliphatic rings. The highest BCUT2D eigenvalue weighted by molar-refractivity contribution is 9.10. The van der Waals surface area contributed by atoms with E-state index in [9.17, 15) is 0 Å². The van der Waals surface area contributed by atoms with Crippen molar-refractivity contribution >= 4 is 41.0 Å². The van der Waals surface area contributed by atoms with Gasteiger partial charge in [-0.05, 0) is 28.1 Å². The van der Waals surface area contributed by atoms with Crippen molar-refractivity contribution in [1.82, 2.24) is 0 Å². The molecule has 0 heterocycles. The maximum Gasteiger partial charge on any atom is 0.0519 e. The molecule has 0 aromatic heterocycles. The minimum Gasteiger partial charge on any atom is -0.269 e. The van der Waals surface area contributed by atoms with Gasteiger partial charge in [-0.15, -0.1) is 12.4 Å². The van der Waals surface area contributed by atoms with E-state index >= 15 is 0 Å². The number of halogens is 6. The molecule has 0 atom stereocenters. The fourth-order valence-corrected chi connectivity index (χ4v) is 0.876. The zero-order valence-corrected chi connectivity index (χ0v) is 9.36. The lowest BCUT2D eigenvalue weighted by Gasteiger charge is -1.89. The molecule has 0 saturated heterocycles. The summed E-state index contributed by atoms with van der Waals surface area (Å²) < 4.78 is 0.995. The number of hydrogen-bond acceptors (Lipinski definition) is 0. The third-order valence-electron chi connectivity index (χ3n) is 0.837. The van der Waals surface area contributed by atoms with Crippen molar-refractivity contribution in [2.24, 2.45) is 0 Å². The van der Waals surface area contributed by atoms with E-state index in [0.717, 1.165) is 9.37 Å². The van der Waals surface area contributed by atoms with Gasteiger partial charge in [0.1, 0.15) is 0 Å². The van der Waals surface area contributed by atoms with Crippen molar-refractivity contribution in [3.8, 4) is 0 Å². The molecule has 1 radical (unpaired) electrons. The van der Waals surface area contributed by atoms with Crippen LogP contribution >= 0.6 is 41.0 Å². The van der Waals surface area contributed by atoms with Crippen molar-refractivity contribution in [2.75, 3.05) is 0 Å². The van der Waals surface area contributed by atoms with Crippen molar-refractivity contribution in [1.29, 1.82) is 0 Å². The highest BCUT2D eigenvalue weighted by Crippen LogP contribution is 2.18. The van der Waals surface area contributed by atoms with Crippen LogP contribution in [0.3, 0.4) is 0 Å². The fourth-order valence-electron chi connectivity index (χ4n) is 0.445. The molecule has 13 heavy (non-hydrogen) atoms. The average Bonchev–Trinajstić information content (AvgIpc) is 1.77. The standard InChI is InChI=1S/C6H4BrS.ClH.4FH/c7-5-3-1-2-4-6(5)8;;;;;/h1-4H;5*1H. The van der Waals surface area contributed by atoms with Crippen LogP contribution in [0.4, 0.5) is 18.8 Å². The van der Waals surface area contributed by atoms with E-state index in [1.165, 1.54) is 0 Å². The van der Waals surface area contributed by atoms with Crippen molar-refractivity contribution in [2.45, 2.75) is 4.90 Å². The van der Waals surface area contributed by atoms with Gasteiger partial charge in [0.2, 0.25) is 0 Å². The second kappa shape index (κ2) is 14.5. The minimum atomic E-state index is 0. The summed E-state index contributed by atoms with van der Waals surface area (Å²) in [6, 6.07) is 7.69. The van der Waals surface area contributed by atoms with E-state index < -0.39 is 0 Å². The van der Waals surface area contributed by atoms with Gasteiger partial charge in [0.15, 0.2) is 0 Å². The Kier molecular flexibility index (Phi) is 32.5. The van der Waals surface area contributed by atoms with Crippen molar-refractivity contribution in [3.05, 3.63) is 28.7 Å². The van der Waals surface area contributed by atoms with Gasteiger partial charge < -0.3 is 0 Å². The smallest absolute Gasteiger partial charge is 0.0519 e. The molecule has 7 heteroatoms. The monoisotopic (exact) mass is 303 g/mol. The van der Waals surface area contributed by atoms with Gasteiger partial charge in [-0.2, -0.15) is 0 Å². The largest absolute Gasteiger partial charge is 0.269 e. The summed E-state index contributed by atoms with van der Waals surface area (Å²) in [5.41, 5.74) is 0. The molecule has 0 amide bonds. The van der Waals surface area contributed by atoms with Gasteiger partial charge >= 0.3 is 0 Å². The maximum absolute atomic E-state index is 4.91. The lowest BCUT2D eigenvalue weighted by Crippen LogP contribution is -1.64. The summed E-state index contributed by atoms with van der Waals surface area (Å²) in [6.45, 7) is 0. The van der Waals surface area contributed by atoms with E-state index in [0.29, 0.717) is 0 Å². The average molecular weight is 305 g/mol. The minimum absolute atomic E-state index is 0. The molecule has 0 spiro atoms. The molecule has 0 unspecified atom stereocenters. The molecule has 0 N–H and O–H groups in total. The van der Waals surface area contributed by atoms with Gasteiger partial charge in [0, 0.05) is 4.47 Å². The van der Waals surface area contributed by atoms with Gasteiger partial charge in [0.25, 0.3) is 0 Å². The zero-order valence-electron chi connectivity index (χ0n) is 6.14. The molecule has 81 valence electrons. The summed E-state index contributed by atoms with van der Waals surface area (Å²) in [7, 11) is 0. The lowest BCUT2D eigenvalue weighted by molar-refractivity contribution is 1.11. The quantitative estimate of drug-likeness (QED) is 0.635. The third-order valence-corrected chi connectivity index (χ3v) is 2.15. The number of rotatable bonds is 0. The van der Waals surface area contributed by atoms with Crippen LogP contribution in [-0.2, 0) is 0 Å². The Morgan fingerprint density at radius 1 is 0.923 bits per heavy atom. The first kappa shape index (κ1) is 29.3. The van der Waals surface area contributed by atoms with Crippen LogP contribution in [0.2, 0.25) is 0 Å². The van der Waals surface area contributed by atoms with Gasteiger partial charge in [0.05, 0.1) is 4.90 Å². The van der Waals surface area contributed by atoms with Crippen molar-refractivity contribution in [3.63, 3.8) is 0 Å². The first-order valence-electron chi connectivity index (χ1n) is 2.22. The number of hydrogen-bond donors (Lipinski definition) is 0. The van der Waals surface area contributed by atoms with Gasteiger partial charge in [-0.25, -0.2) is 0 Å². The lowest BCUT2D eigenvalue weighted by atomic mass is 10.4. The predicted molar refractivity (Wildman–Crippen MR) is 57.3 cm³/mol. The Morgan fingerprint density at radius 3 is 1.54 bits per heavy atom. The molecular formula is C6H9BrClF4S. The van der Waals surface area contributed by atoms with Crippen LogP contribution in [0.25, 0.3) is 0 Å². The first-order valence-corrected chi connectivity index (χ1v) is 3.42. The second-order valence-electron chi connectivity index (χ2n) is 1.43. The van der Waals surface area contributed by atoms with E-state index in [4.69, 9.17) is 12.6 Å². The molecule has 0 fully saturated rings. The second-order valence-corrected chi connectivity index (χ2v) is 2.72. The van der Waals surface area contributed by atoms with Crippen LogP contribution in [-0.4, -0.2) is 0 Å². The Balaban J connectivity index is -0.0000000427. The molecule has 1 rings (SSSR count). The van der Waals surface area contributed by atoms with E-state index in [1.807, 2.05) is 24.3 Å². The van der Waals surface area contributed by atoms with E-state index in [1.54, 1.807) is 0 Å². The third kappa shape index (κ3) is 9.85. The zero-order chi connectivity index (χ0) is 5.98. The first-order chi connectivity index (χ1) is 3.80. The fraction of sp³-hybridized carbons (Fsp3) is 0. The summed E-state index contributed by atoms with van der Waals surface area (Å²) in [4.78, 5) is 0.868. The summed E-state index contributed by atoms with van der Waals surface area (Å²) in [6.07, 6.45) is 0. The Morgan fingerprint density at radius 2 is 1.31 bits per heavy atom. The Hall–Kier alpha value is -0.0700. The highest BCUT2D eigenvalue weighted by atomic mass is 79.9. The topological polar surface area (TPSA) is 0 Å². The normalized spacial score (nSPS) is 5.62. The molecule has 0 nitrogen and oxygen atoms in total. The summed E-state index contributed by atoms with van der Waals surface area (Å²) in [5, 5.41) is 0. The van der Waals surface area contributed by atoms with Crippen LogP contribution in [0.5, 0.6) is 0 Å². The van der Waals surface area contributed by atoms with E-state index in [-0.39, 0.29) is 31.2 Å². The highest BCUT2D eigenvalue weighted by Gasteiger charge is 1.88. The number of benzene rings is 1. The molecule has 1 aromatic rings. The molecule has 0 aliphatic carbocycles. The van der Waals surface area contributed by atoms with Crippen molar-refractivity contribution < 1.29 is 18.8 Å². The summed E-state index contributed by atoms with van der Waals surface area (Å²) >= 11 is 8.20. The molecule has 0 saturated carbocycles. The molecule has 0 aliphatic heterocycles. The maximum atomic E-state index is 4.91. The molecular weight excluding hydrogens is 295 g/mol. The molecule has 1 aromatic carbocycles. The molecule has 0 bridgehead atoms. The van der Waals surface area contributed by atoms with Crippen LogP contribution in [0, 0.1) is 0 Å². The van der Waals surface area contributed by atoms with Crippen LogP contribution in [0.15, 0.2) is 33.6 Å². The van der Waals surface area contributed by atoms with Crippen LogP contribution < -0.4 is 0 Å². The summed E-state index contributed by atoms with van der Waals surface area (Å²) in [5.74, 6) is 0. The Labute approximate surface area is 93.5 Å². The Bertz CT molecular complexity index is 181. The predicted octanol–water partition coefficient (Wildman–Crippen LogP) is 4.04. The van der Waals surface area contributed by atoms with Gasteiger partial charge in [-0.1, -0.05) is 24.8 Å². The SMILES string of the molecule is Cl.F.F.F.F.[S]c1ccccc1Br. The van der Waals surface area contributed by atoms with Gasteiger partial charge in [-0.3, -0.25) is 18.8 Å². The van der Waals surface area contributed by atoms with Crippen LogP contribution in [0.1, 0.15) is 0 Å². The van der Waals surface area contributed by atoms with E-state index in [2.05, 4.69) is 15.9 Å².